The highest BCUT2D eigenvalue weighted by Gasteiger charge is 1.98. The standard InChI is InChI=1S/C6H8Cl2O2.C2H3N/c7-5(9)3-1-2-4-6(8)10;1-2-3/h1-4H2;1H3. The molecule has 0 fully saturated rings. The fourth-order valence-electron chi connectivity index (χ4n) is 0.528. The summed E-state index contributed by atoms with van der Waals surface area (Å²) in [5.41, 5.74) is 0. The summed E-state index contributed by atoms with van der Waals surface area (Å²) in [5, 5.41) is 6.60. The maximum atomic E-state index is 10.1. The van der Waals surface area contributed by atoms with Crippen LogP contribution >= 0.6 is 23.2 Å². The Morgan fingerprint density at radius 3 is 1.54 bits per heavy atom. The van der Waals surface area contributed by atoms with Crippen molar-refractivity contribution in [1.82, 2.24) is 0 Å². The zero-order valence-corrected chi connectivity index (χ0v) is 8.86. The average Bonchev–Trinajstić information content (AvgIpc) is 1.99. The third-order valence-electron chi connectivity index (χ3n) is 0.997. The number of rotatable bonds is 5. The summed E-state index contributed by atoms with van der Waals surface area (Å²) in [6.07, 6.45) is 1.93. The minimum atomic E-state index is -0.359. The molecule has 74 valence electrons. The smallest absolute Gasteiger partial charge is 0.221 e. The lowest BCUT2D eigenvalue weighted by molar-refractivity contribution is -0.113. The van der Waals surface area contributed by atoms with Crippen molar-refractivity contribution in [2.24, 2.45) is 0 Å². The second-order valence-electron chi connectivity index (χ2n) is 2.14. The van der Waals surface area contributed by atoms with Gasteiger partial charge in [-0.2, -0.15) is 5.26 Å². The van der Waals surface area contributed by atoms with Crippen molar-refractivity contribution in [2.45, 2.75) is 32.6 Å². The molecule has 0 bridgehead atoms. The number of hydrogen-bond acceptors (Lipinski definition) is 3. The number of hydrogen-bond donors (Lipinski definition) is 0. The van der Waals surface area contributed by atoms with Crippen LogP contribution in [-0.2, 0) is 9.59 Å². The molecule has 0 spiro atoms. The molecule has 0 saturated heterocycles. The van der Waals surface area contributed by atoms with Crippen molar-refractivity contribution in [1.29, 1.82) is 5.26 Å². The van der Waals surface area contributed by atoms with Gasteiger partial charge in [-0.1, -0.05) is 0 Å². The first kappa shape index (κ1) is 14.9. The van der Waals surface area contributed by atoms with Crippen molar-refractivity contribution < 1.29 is 9.59 Å². The molecule has 0 saturated carbocycles. The van der Waals surface area contributed by atoms with Crippen molar-refractivity contribution in [2.75, 3.05) is 0 Å². The Hall–Kier alpha value is -0.590. The van der Waals surface area contributed by atoms with E-state index < -0.39 is 0 Å². The van der Waals surface area contributed by atoms with Crippen LogP contribution in [0.1, 0.15) is 32.6 Å². The number of carbonyl (C=O) groups excluding carboxylic acids is 2. The lowest BCUT2D eigenvalue weighted by Gasteiger charge is -1.91. The zero-order chi connectivity index (χ0) is 10.7. The monoisotopic (exact) mass is 223 g/mol. The molecule has 5 heteroatoms. The largest absolute Gasteiger partial charge is 0.281 e. The molecule has 3 nitrogen and oxygen atoms in total. The van der Waals surface area contributed by atoms with Crippen LogP contribution in [0.5, 0.6) is 0 Å². The van der Waals surface area contributed by atoms with Gasteiger partial charge in [-0.05, 0) is 36.0 Å². The van der Waals surface area contributed by atoms with E-state index in [1.54, 1.807) is 6.07 Å². The van der Waals surface area contributed by atoms with E-state index in [0.29, 0.717) is 25.7 Å². The number of unbranched alkanes of at least 4 members (excludes halogenated alkanes) is 1. The normalized spacial score (nSPS) is 7.85. The van der Waals surface area contributed by atoms with Gasteiger partial charge in [0.1, 0.15) is 0 Å². The Kier molecular flexibility index (Phi) is 13.1. The Bertz CT molecular complexity index is 183. The maximum Gasteiger partial charge on any atom is 0.221 e. The van der Waals surface area contributed by atoms with E-state index in [9.17, 15) is 9.59 Å². The Morgan fingerprint density at radius 2 is 1.38 bits per heavy atom. The molecule has 0 aliphatic rings. The van der Waals surface area contributed by atoms with Crippen LogP contribution in [0.4, 0.5) is 0 Å². The number of nitrogens with zero attached hydrogens (tertiary/aromatic N) is 1. The van der Waals surface area contributed by atoms with E-state index in [4.69, 9.17) is 28.5 Å². The maximum absolute atomic E-state index is 10.1. The van der Waals surface area contributed by atoms with E-state index >= 15 is 0 Å². The Labute approximate surface area is 87.6 Å². The lowest BCUT2D eigenvalue weighted by atomic mass is 10.2. The highest BCUT2D eigenvalue weighted by atomic mass is 35.5. The van der Waals surface area contributed by atoms with E-state index in [-0.39, 0.29) is 10.5 Å². The summed E-state index contributed by atoms with van der Waals surface area (Å²) in [6.45, 7) is 1.43. The highest BCUT2D eigenvalue weighted by Crippen LogP contribution is 2.03. The molecule has 0 aliphatic carbocycles. The molecule has 0 aromatic rings. The third kappa shape index (κ3) is 24.6. The molecule has 0 amide bonds. The number of halogens is 2. The zero-order valence-electron chi connectivity index (χ0n) is 7.35. The summed E-state index contributed by atoms with van der Waals surface area (Å²) in [6, 6.07) is 1.75. The highest BCUT2D eigenvalue weighted by molar-refractivity contribution is 6.63. The van der Waals surface area contributed by atoms with Crippen molar-refractivity contribution >= 4 is 33.7 Å². The third-order valence-corrected chi connectivity index (χ3v) is 1.37. The first-order valence-electron chi connectivity index (χ1n) is 3.72. The molecule has 0 N–H and O–H groups in total. The predicted octanol–water partition coefficient (Wildman–Crippen LogP) is 2.61. The van der Waals surface area contributed by atoms with Gasteiger partial charge in [-0.15, -0.1) is 0 Å². The van der Waals surface area contributed by atoms with Gasteiger partial charge in [-0.25, -0.2) is 0 Å². The van der Waals surface area contributed by atoms with Crippen LogP contribution in [0.25, 0.3) is 0 Å². The Morgan fingerprint density at radius 1 is 1.15 bits per heavy atom. The molecular formula is C8H11Cl2NO2. The van der Waals surface area contributed by atoms with Gasteiger partial charge in [0.25, 0.3) is 0 Å². The van der Waals surface area contributed by atoms with Crippen molar-refractivity contribution in [3.8, 4) is 6.07 Å². The van der Waals surface area contributed by atoms with Gasteiger partial charge in [0.05, 0.1) is 6.07 Å². The van der Waals surface area contributed by atoms with Crippen LogP contribution in [0.3, 0.4) is 0 Å². The summed E-state index contributed by atoms with van der Waals surface area (Å²) in [5.74, 6) is 0. The van der Waals surface area contributed by atoms with Gasteiger partial charge in [-0.3, -0.25) is 9.59 Å². The predicted molar refractivity (Wildman–Crippen MR) is 51.5 cm³/mol. The van der Waals surface area contributed by atoms with Gasteiger partial charge in [0, 0.05) is 19.8 Å². The van der Waals surface area contributed by atoms with Crippen molar-refractivity contribution in [3.05, 3.63) is 0 Å². The molecule has 0 rings (SSSR count). The SMILES string of the molecule is CC#N.O=C(Cl)CCCCC(=O)Cl. The number of nitriles is 1. The first-order valence-corrected chi connectivity index (χ1v) is 4.47. The quantitative estimate of drug-likeness (QED) is 0.532. The van der Waals surface area contributed by atoms with Crippen LogP contribution < -0.4 is 0 Å². The molecule has 0 aliphatic heterocycles. The van der Waals surface area contributed by atoms with Gasteiger partial charge >= 0.3 is 0 Å². The van der Waals surface area contributed by atoms with Crippen LogP contribution in [0.2, 0.25) is 0 Å². The molecule has 0 aromatic carbocycles. The van der Waals surface area contributed by atoms with Gasteiger partial charge in [0.15, 0.2) is 0 Å². The molecule has 0 radical (unpaired) electrons. The fraction of sp³-hybridized carbons (Fsp3) is 0.625. The van der Waals surface area contributed by atoms with E-state index in [2.05, 4.69) is 0 Å². The molecule has 0 aromatic heterocycles. The van der Waals surface area contributed by atoms with Crippen LogP contribution in [0.15, 0.2) is 0 Å². The summed E-state index contributed by atoms with van der Waals surface area (Å²) in [4.78, 5) is 20.3. The second-order valence-corrected chi connectivity index (χ2v) is 2.98. The Balaban J connectivity index is 0. The van der Waals surface area contributed by atoms with Crippen LogP contribution in [-0.4, -0.2) is 10.5 Å². The van der Waals surface area contributed by atoms with Gasteiger partial charge < -0.3 is 0 Å². The lowest BCUT2D eigenvalue weighted by Crippen LogP contribution is -1.89. The molecule has 0 heterocycles. The summed E-state index contributed by atoms with van der Waals surface area (Å²) in [7, 11) is 0. The van der Waals surface area contributed by atoms with Crippen LogP contribution in [0, 0.1) is 11.3 Å². The minimum Gasteiger partial charge on any atom is -0.281 e. The topological polar surface area (TPSA) is 57.9 Å². The van der Waals surface area contributed by atoms with E-state index in [1.165, 1.54) is 6.92 Å². The second kappa shape index (κ2) is 11.4. The molecule has 0 unspecified atom stereocenters. The molecule has 0 atom stereocenters. The average molecular weight is 224 g/mol. The van der Waals surface area contributed by atoms with E-state index in [0.717, 1.165) is 0 Å². The minimum absolute atomic E-state index is 0.325. The fourth-order valence-corrected chi connectivity index (χ4v) is 0.795. The summed E-state index contributed by atoms with van der Waals surface area (Å²) < 4.78 is 0. The van der Waals surface area contributed by atoms with E-state index in [1.807, 2.05) is 0 Å². The number of carbonyl (C=O) groups is 2. The first-order chi connectivity index (χ1) is 6.04. The molecule has 13 heavy (non-hydrogen) atoms. The summed E-state index contributed by atoms with van der Waals surface area (Å²) >= 11 is 10.1. The molecular weight excluding hydrogens is 213 g/mol. The van der Waals surface area contributed by atoms with Crippen molar-refractivity contribution in [3.63, 3.8) is 0 Å². The van der Waals surface area contributed by atoms with Gasteiger partial charge in [0.2, 0.25) is 10.5 Å².